The molecule has 4 nitrogen and oxygen atoms in total. The molecular weight excluding hydrogens is 849 g/mol. The molecule has 0 amide bonds. The smallest absolute Gasteiger partial charge is 0.0886 e. The summed E-state index contributed by atoms with van der Waals surface area (Å²) in [6, 6.07) is 84.5. The molecule has 0 fully saturated rings. The van der Waals surface area contributed by atoms with Crippen LogP contribution in [0.4, 0.5) is 0 Å². The van der Waals surface area contributed by atoms with Crippen molar-refractivity contribution in [2.45, 2.75) is 25.7 Å². The fourth-order valence-corrected chi connectivity index (χ4v) is 9.38. The van der Waals surface area contributed by atoms with Gasteiger partial charge in [0.2, 0.25) is 0 Å². The van der Waals surface area contributed by atoms with Crippen molar-refractivity contribution in [1.82, 2.24) is 19.9 Å². The normalized spacial score (nSPS) is 11.1. The van der Waals surface area contributed by atoms with Crippen molar-refractivity contribution in [3.63, 3.8) is 0 Å². The third kappa shape index (κ3) is 10.0. The number of aromatic nitrogens is 4. The summed E-state index contributed by atoms with van der Waals surface area (Å²) in [7, 11) is 0. The minimum Gasteiger partial charge on any atom is -0.256 e. The molecule has 4 heterocycles. The zero-order chi connectivity index (χ0) is 46.9. The Labute approximate surface area is 410 Å². The third-order valence-corrected chi connectivity index (χ3v) is 13.1. The number of benzene rings is 7. The number of pyridine rings is 4. The fraction of sp³-hybridized carbons (Fsp3) is 0.0606. The maximum Gasteiger partial charge on any atom is 0.0886 e. The maximum absolute atomic E-state index is 5.19. The molecular formula is C66H50N4. The molecule has 70 heavy (non-hydrogen) atoms. The van der Waals surface area contributed by atoms with Crippen LogP contribution in [0.25, 0.3) is 89.7 Å². The monoisotopic (exact) mass is 898 g/mol. The summed E-state index contributed by atoms with van der Waals surface area (Å²) in [5.41, 5.74) is 22.5. The van der Waals surface area contributed by atoms with E-state index in [1.54, 1.807) is 0 Å². The summed E-state index contributed by atoms with van der Waals surface area (Å²) >= 11 is 0. The molecule has 0 spiro atoms. The van der Waals surface area contributed by atoms with Gasteiger partial charge < -0.3 is 0 Å². The molecule has 0 aliphatic rings. The summed E-state index contributed by atoms with van der Waals surface area (Å²) in [5, 5.41) is 0. The van der Waals surface area contributed by atoms with Gasteiger partial charge in [-0.3, -0.25) is 15.0 Å². The predicted molar refractivity (Wildman–Crippen MR) is 289 cm³/mol. The lowest BCUT2D eigenvalue weighted by molar-refractivity contribution is 0.927. The zero-order valence-electron chi connectivity index (χ0n) is 38.9. The van der Waals surface area contributed by atoms with Crippen molar-refractivity contribution in [3.05, 3.63) is 277 Å². The van der Waals surface area contributed by atoms with E-state index in [1.807, 2.05) is 55.0 Å². The molecule has 4 aromatic heterocycles. The van der Waals surface area contributed by atoms with Crippen molar-refractivity contribution < 1.29 is 0 Å². The van der Waals surface area contributed by atoms with Crippen molar-refractivity contribution >= 4 is 0 Å². The Hall–Kier alpha value is -8.86. The van der Waals surface area contributed by atoms with Crippen LogP contribution in [0.1, 0.15) is 22.3 Å². The highest BCUT2D eigenvalue weighted by Gasteiger charge is 2.17. The number of hydrogen-bond donors (Lipinski definition) is 0. The van der Waals surface area contributed by atoms with Crippen LogP contribution >= 0.6 is 0 Å². The van der Waals surface area contributed by atoms with E-state index in [4.69, 9.17) is 9.97 Å². The second-order valence-electron chi connectivity index (χ2n) is 17.7. The van der Waals surface area contributed by atoms with Gasteiger partial charge in [0.1, 0.15) is 0 Å². The van der Waals surface area contributed by atoms with Crippen molar-refractivity contribution in [1.29, 1.82) is 0 Å². The highest BCUT2D eigenvalue weighted by molar-refractivity contribution is 5.94. The van der Waals surface area contributed by atoms with Crippen molar-refractivity contribution in [2.24, 2.45) is 0 Å². The third-order valence-electron chi connectivity index (χ3n) is 13.1. The largest absolute Gasteiger partial charge is 0.256 e. The predicted octanol–water partition coefficient (Wildman–Crippen LogP) is 16.2. The van der Waals surface area contributed by atoms with E-state index >= 15 is 0 Å². The van der Waals surface area contributed by atoms with Gasteiger partial charge in [0.15, 0.2) is 0 Å². The molecule has 0 unspecified atom stereocenters. The Morgan fingerprint density at radius 1 is 0.229 bits per heavy atom. The number of hydrogen-bond acceptors (Lipinski definition) is 4. The summed E-state index contributed by atoms with van der Waals surface area (Å²) in [4.78, 5) is 19.1. The lowest BCUT2D eigenvalue weighted by Gasteiger charge is -2.18. The van der Waals surface area contributed by atoms with Gasteiger partial charge in [-0.2, -0.15) is 0 Å². The Morgan fingerprint density at radius 3 is 1.39 bits per heavy atom. The van der Waals surface area contributed by atoms with E-state index in [9.17, 15) is 0 Å². The maximum atomic E-state index is 5.19. The summed E-state index contributed by atoms with van der Waals surface area (Å²) in [6.45, 7) is 0. The fourth-order valence-electron chi connectivity index (χ4n) is 9.38. The molecule has 0 saturated heterocycles. The Balaban J connectivity index is 0.969. The lowest BCUT2D eigenvalue weighted by atomic mass is 9.86. The average molecular weight is 899 g/mol. The number of aryl methyl sites for hydroxylation is 4. The van der Waals surface area contributed by atoms with Gasteiger partial charge in [-0.05, 0) is 141 Å². The molecule has 0 bridgehead atoms. The SMILES string of the molecule is c1ccc(-c2ccc(-c3cc(-c4cccc(-c5ccccc5)n4)ccc3-c3ccccc3-c3cc(CCc4ccc(-c5ccccn5)cc4)cc(CCc4ccc(-c5ccccn5)nc4)c3)cc2)cc1. The molecule has 0 aliphatic carbocycles. The molecule has 0 aliphatic heterocycles. The van der Waals surface area contributed by atoms with Crippen LogP contribution in [0, 0.1) is 0 Å². The van der Waals surface area contributed by atoms with E-state index in [0.29, 0.717) is 0 Å². The highest BCUT2D eigenvalue weighted by Crippen LogP contribution is 2.41. The molecule has 7 aromatic carbocycles. The van der Waals surface area contributed by atoms with E-state index in [2.05, 4.69) is 210 Å². The topological polar surface area (TPSA) is 51.6 Å². The Bertz CT molecular complexity index is 3380. The van der Waals surface area contributed by atoms with Gasteiger partial charge in [0.05, 0.1) is 28.5 Å². The van der Waals surface area contributed by atoms with E-state index in [1.165, 1.54) is 55.6 Å². The number of rotatable bonds is 14. The van der Waals surface area contributed by atoms with Crippen LogP contribution < -0.4 is 0 Å². The number of nitrogens with zero attached hydrogens (tertiary/aromatic N) is 4. The van der Waals surface area contributed by atoms with E-state index < -0.39 is 0 Å². The second kappa shape index (κ2) is 20.6. The first-order valence-electron chi connectivity index (χ1n) is 24.1. The van der Waals surface area contributed by atoms with Crippen molar-refractivity contribution in [2.75, 3.05) is 0 Å². The van der Waals surface area contributed by atoms with E-state index in [-0.39, 0.29) is 0 Å². The molecule has 0 saturated carbocycles. The Kier molecular flexibility index (Phi) is 12.8. The molecule has 11 aromatic rings. The minimum atomic E-state index is 0.874. The first-order chi connectivity index (χ1) is 34.7. The summed E-state index contributed by atoms with van der Waals surface area (Å²) < 4.78 is 0. The quantitative estimate of drug-likeness (QED) is 0.109. The van der Waals surface area contributed by atoms with Gasteiger partial charge >= 0.3 is 0 Å². The Morgan fingerprint density at radius 2 is 0.714 bits per heavy atom. The van der Waals surface area contributed by atoms with Gasteiger partial charge in [0.25, 0.3) is 0 Å². The lowest BCUT2D eigenvalue weighted by Crippen LogP contribution is -1.99. The van der Waals surface area contributed by atoms with Gasteiger partial charge in [-0.1, -0.05) is 188 Å². The molecule has 0 radical (unpaired) electrons. The van der Waals surface area contributed by atoms with Crippen LogP contribution in [0.15, 0.2) is 255 Å². The van der Waals surface area contributed by atoms with Gasteiger partial charge in [-0.15, -0.1) is 0 Å². The standard InChI is InChI=1S/C66H50N4/c1-3-14-51(15-4-1)52-33-35-53(36-34-52)61-45-56(64-23-13-22-63(70-64)54-16-5-2-6-17-54)37-38-60(61)59-19-8-7-18-58(59)57-43-49(26-24-47-28-31-55(32-29-47)62-20-9-11-40-67-62)42-50(44-57)27-25-48-30-39-66(69-46-48)65-21-10-12-41-68-65/h1-23,28-46H,24-27H2. The molecule has 4 heteroatoms. The molecule has 334 valence electrons. The van der Waals surface area contributed by atoms with E-state index in [0.717, 1.165) is 82.0 Å². The minimum absolute atomic E-state index is 0.874. The summed E-state index contributed by atoms with van der Waals surface area (Å²) in [6.07, 6.45) is 9.26. The van der Waals surface area contributed by atoms with Crippen molar-refractivity contribution in [3.8, 4) is 89.7 Å². The van der Waals surface area contributed by atoms with Crippen LogP contribution in [-0.2, 0) is 25.7 Å². The first-order valence-corrected chi connectivity index (χ1v) is 24.1. The van der Waals surface area contributed by atoms with Gasteiger partial charge in [0, 0.05) is 35.3 Å². The van der Waals surface area contributed by atoms with Crippen LogP contribution in [-0.4, -0.2) is 19.9 Å². The molecule has 11 rings (SSSR count). The molecule has 0 atom stereocenters. The zero-order valence-corrected chi connectivity index (χ0v) is 38.9. The van der Waals surface area contributed by atoms with Crippen LogP contribution in [0.3, 0.4) is 0 Å². The second-order valence-corrected chi connectivity index (χ2v) is 17.7. The first kappa shape index (κ1) is 43.7. The van der Waals surface area contributed by atoms with Gasteiger partial charge in [-0.25, -0.2) is 4.98 Å². The molecule has 0 N–H and O–H groups in total. The van der Waals surface area contributed by atoms with Crippen LogP contribution in [0.5, 0.6) is 0 Å². The average Bonchev–Trinajstić information content (AvgIpc) is 3.45. The summed E-state index contributed by atoms with van der Waals surface area (Å²) in [5.74, 6) is 0. The van der Waals surface area contributed by atoms with Crippen LogP contribution in [0.2, 0.25) is 0 Å². The highest BCUT2D eigenvalue weighted by atomic mass is 14.8.